The molecule has 182 valence electrons. The van der Waals surface area contributed by atoms with Gasteiger partial charge in [0.25, 0.3) is 0 Å². The number of hydrogen-bond acceptors (Lipinski definition) is 5. The number of aromatic hydroxyl groups is 2. The summed E-state index contributed by atoms with van der Waals surface area (Å²) in [5.74, 6) is -0.188. The summed E-state index contributed by atoms with van der Waals surface area (Å²) < 4.78 is 1.35. The number of anilines is 1. The van der Waals surface area contributed by atoms with Gasteiger partial charge in [-0.2, -0.15) is 0 Å². The molecule has 0 aliphatic heterocycles. The molecule has 1 aromatic heterocycles. The summed E-state index contributed by atoms with van der Waals surface area (Å²) in [5, 5.41) is 33.7. The lowest BCUT2D eigenvalue weighted by Crippen LogP contribution is -2.34. The highest BCUT2D eigenvalue weighted by Crippen LogP contribution is 2.37. The zero-order valence-electron chi connectivity index (χ0n) is 20.0. The lowest BCUT2D eigenvalue weighted by Gasteiger charge is -2.22. The Morgan fingerprint density at radius 3 is 2.29 bits per heavy atom. The van der Waals surface area contributed by atoms with E-state index in [9.17, 15) is 15.0 Å². The normalized spacial score (nSPS) is 13.0. The first-order chi connectivity index (χ1) is 16.3. The molecule has 0 saturated heterocycles. The number of nitrogens with one attached hydrogen (secondary N) is 2. The van der Waals surface area contributed by atoms with Crippen LogP contribution in [0.4, 0.5) is 5.69 Å². The number of amides is 1. The van der Waals surface area contributed by atoms with Crippen molar-refractivity contribution >= 4 is 11.6 Å². The van der Waals surface area contributed by atoms with E-state index in [0.29, 0.717) is 37.1 Å². The van der Waals surface area contributed by atoms with Crippen molar-refractivity contribution in [2.45, 2.75) is 52.0 Å². The molecule has 0 fully saturated rings. The topological polar surface area (TPSA) is 107 Å². The standard InChI is InChI=1S/C27H35N3O4/c1-18(2)15-24(26(32)28-14-13-20-7-5-4-6-8-20)30-25(31)17-22(27(30)33)16-19(3)21-9-11-23(29-34)12-10-21/h4-12,17-19,24,29,31,33-34H,13-16H2,1-3H3,(H,28,32)/t19?,24-/m0/s1. The first kappa shape index (κ1) is 25.2. The first-order valence-electron chi connectivity index (χ1n) is 11.7. The number of carbonyl (C=O) groups is 1. The largest absolute Gasteiger partial charge is 0.494 e. The van der Waals surface area contributed by atoms with Crippen molar-refractivity contribution in [1.82, 2.24) is 9.88 Å². The summed E-state index contributed by atoms with van der Waals surface area (Å²) in [5.41, 5.74) is 5.45. The third-order valence-electron chi connectivity index (χ3n) is 6.07. The average Bonchev–Trinajstić information content (AvgIpc) is 3.10. The van der Waals surface area contributed by atoms with Crippen LogP contribution >= 0.6 is 0 Å². The minimum Gasteiger partial charge on any atom is -0.494 e. The third-order valence-corrected chi connectivity index (χ3v) is 6.07. The Labute approximate surface area is 201 Å². The molecule has 0 aliphatic carbocycles. The Bertz CT molecular complexity index is 1060. The van der Waals surface area contributed by atoms with Crippen molar-refractivity contribution in [2.75, 3.05) is 12.0 Å². The second-order valence-corrected chi connectivity index (χ2v) is 9.23. The third kappa shape index (κ3) is 6.32. The molecule has 2 aromatic carbocycles. The van der Waals surface area contributed by atoms with Gasteiger partial charge in [0.2, 0.25) is 5.91 Å². The van der Waals surface area contributed by atoms with Crippen molar-refractivity contribution in [1.29, 1.82) is 0 Å². The minimum absolute atomic E-state index is 0.0529. The lowest BCUT2D eigenvalue weighted by molar-refractivity contribution is -0.125. The van der Waals surface area contributed by atoms with Crippen LogP contribution < -0.4 is 10.8 Å². The Balaban J connectivity index is 1.75. The van der Waals surface area contributed by atoms with Crippen LogP contribution in [0.2, 0.25) is 0 Å². The van der Waals surface area contributed by atoms with Crippen molar-refractivity contribution in [2.24, 2.45) is 5.92 Å². The average molecular weight is 466 g/mol. The van der Waals surface area contributed by atoms with Crippen LogP contribution in [-0.2, 0) is 17.6 Å². The lowest BCUT2D eigenvalue weighted by atomic mass is 9.94. The van der Waals surface area contributed by atoms with E-state index >= 15 is 0 Å². The van der Waals surface area contributed by atoms with Gasteiger partial charge in [-0.3, -0.25) is 20.0 Å². The molecule has 5 N–H and O–H groups in total. The molecule has 34 heavy (non-hydrogen) atoms. The van der Waals surface area contributed by atoms with Gasteiger partial charge in [0.05, 0.1) is 5.69 Å². The fourth-order valence-electron chi connectivity index (χ4n) is 4.21. The number of carbonyl (C=O) groups excluding carboxylic acids is 1. The Kier molecular flexibility index (Phi) is 8.60. The highest BCUT2D eigenvalue weighted by molar-refractivity contribution is 5.81. The minimum atomic E-state index is -0.713. The molecule has 0 saturated carbocycles. The van der Waals surface area contributed by atoms with E-state index in [1.54, 1.807) is 18.2 Å². The predicted molar refractivity (Wildman–Crippen MR) is 133 cm³/mol. The van der Waals surface area contributed by atoms with Gasteiger partial charge in [0, 0.05) is 18.2 Å². The number of aromatic nitrogens is 1. The van der Waals surface area contributed by atoms with Gasteiger partial charge >= 0.3 is 0 Å². The summed E-state index contributed by atoms with van der Waals surface area (Å²) in [4.78, 5) is 13.1. The van der Waals surface area contributed by atoms with Crippen LogP contribution in [0.5, 0.6) is 11.8 Å². The maximum atomic E-state index is 13.1. The van der Waals surface area contributed by atoms with Crippen LogP contribution in [0.25, 0.3) is 0 Å². The summed E-state index contributed by atoms with van der Waals surface area (Å²) in [7, 11) is 0. The zero-order chi connectivity index (χ0) is 24.7. The molecule has 7 nitrogen and oxygen atoms in total. The molecular weight excluding hydrogens is 430 g/mol. The van der Waals surface area contributed by atoms with Gasteiger partial charge in [-0.15, -0.1) is 0 Å². The van der Waals surface area contributed by atoms with E-state index in [-0.39, 0.29) is 29.5 Å². The van der Waals surface area contributed by atoms with E-state index < -0.39 is 6.04 Å². The highest BCUT2D eigenvalue weighted by atomic mass is 16.5. The van der Waals surface area contributed by atoms with Crippen LogP contribution in [0.15, 0.2) is 60.7 Å². The van der Waals surface area contributed by atoms with Gasteiger partial charge in [-0.05, 0) is 54.4 Å². The Morgan fingerprint density at radius 2 is 1.68 bits per heavy atom. The second-order valence-electron chi connectivity index (χ2n) is 9.23. The maximum absolute atomic E-state index is 13.1. The van der Waals surface area contributed by atoms with E-state index in [1.165, 1.54) is 4.57 Å². The Hall–Kier alpha value is -3.45. The Morgan fingerprint density at radius 1 is 1.00 bits per heavy atom. The van der Waals surface area contributed by atoms with Crippen molar-refractivity contribution in [3.8, 4) is 11.8 Å². The smallest absolute Gasteiger partial charge is 0.243 e. The molecule has 1 amide bonds. The fourth-order valence-corrected chi connectivity index (χ4v) is 4.21. The predicted octanol–water partition coefficient (Wildman–Crippen LogP) is 4.99. The number of nitrogens with zero attached hydrogens (tertiary/aromatic N) is 1. The monoisotopic (exact) mass is 465 g/mol. The van der Waals surface area contributed by atoms with E-state index in [4.69, 9.17) is 5.21 Å². The molecule has 3 aromatic rings. The summed E-state index contributed by atoms with van der Waals surface area (Å²) in [6.45, 7) is 6.52. The number of rotatable bonds is 11. The van der Waals surface area contributed by atoms with Crippen molar-refractivity contribution in [3.63, 3.8) is 0 Å². The summed E-state index contributed by atoms with van der Waals surface area (Å²) >= 11 is 0. The van der Waals surface area contributed by atoms with Crippen molar-refractivity contribution in [3.05, 3.63) is 77.4 Å². The van der Waals surface area contributed by atoms with Gasteiger partial charge < -0.3 is 15.5 Å². The van der Waals surface area contributed by atoms with Gasteiger partial charge in [-0.1, -0.05) is 63.2 Å². The van der Waals surface area contributed by atoms with E-state index in [0.717, 1.165) is 11.1 Å². The van der Waals surface area contributed by atoms with Crippen LogP contribution in [0, 0.1) is 5.92 Å². The fraction of sp³-hybridized carbons (Fsp3) is 0.370. The summed E-state index contributed by atoms with van der Waals surface area (Å²) in [6, 6.07) is 18.1. The van der Waals surface area contributed by atoms with Gasteiger partial charge in [-0.25, -0.2) is 0 Å². The van der Waals surface area contributed by atoms with Crippen LogP contribution in [0.3, 0.4) is 0 Å². The quantitative estimate of drug-likeness (QED) is 0.256. The molecule has 3 rings (SSSR count). The number of hydrogen-bond donors (Lipinski definition) is 5. The zero-order valence-corrected chi connectivity index (χ0v) is 20.0. The molecule has 0 bridgehead atoms. The molecule has 1 heterocycles. The molecule has 0 radical (unpaired) electrons. The highest BCUT2D eigenvalue weighted by Gasteiger charge is 2.28. The van der Waals surface area contributed by atoms with Crippen LogP contribution in [-0.4, -0.2) is 32.4 Å². The van der Waals surface area contributed by atoms with Crippen LogP contribution in [0.1, 0.15) is 55.8 Å². The molecule has 1 unspecified atom stereocenters. The maximum Gasteiger partial charge on any atom is 0.243 e. The van der Waals surface area contributed by atoms with Gasteiger partial charge in [0.15, 0.2) is 11.8 Å². The van der Waals surface area contributed by atoms with E-state index in [2.05, 4.69) is 10.8 Å². The molecule has 2 atom stereocenters. The first-order valence-corrected chi connectivity index (χ1v) is 11.7. The number of benzene rings is 2. The SMILES string of the molecule is CC(C)C[C@@H](C(=O)NCCc1ccccc1)n1c(O)cc(CC(C)c2ccc(NO)cc2)c1O. The molecule has 0 aliphatic rings. The molecule has 0 spiro atoms. The van der Waals surface area contributed by atoms with Crippen molar-refractivity contribution < 1.29 is 20.2 Å². The summed E-state index contributed by atoms with van der Waals surface area (Å²) in [6.07, 6.45) is 1.68. The van der Waals surface area contributed by atoms with Gasteiger partial charge in [0.1, 0.15) is 6.04 Å². The molecular formula is C27H35N3O4. The molecule has 7 heteroatoms. The second kappa shape index (κ2) is 11.6. The van der Waals surface area contributed by atoms with E-state index in [1.807, 2.05) is 63.2 Å².